The highest BCUT2D eigenvalue weighted by Crippen LogP contribution is 2.31. The summed E-state index contributed by atoms with van der Waals surface area (Å²) >= 11 is 0. The summed E-state index contributed by atoms with van der Waals surface area (Å²) in [5, 5.41) is 4.58. The number of Topliss-reactive ketones (excluding diaryl/α,β-unsaturated/α-hetero) is 1. The highest BCUT2D eigenvalue weighted by Gasteiger charge is 2.52. The van der Waals surface area contributed by atoms with Crippen LogP contribution in [0.5, 0.6) is 0 Å². The average molecular weight is 977 g/mol. The number of hydrogen-bond donors (Lipinski definition) is 0. The Morgan fingerprint density at radius 3 is 0.956 bits per heavy atom. The molecule has 2 nitrogen and oxygen atoms in total. The van der Waals surface area contributed by atoms with Gasteiger partial charge >= 0.3 is 0 Å². The van der Waals surface area contributed by atoms with Crippen LogP contribution in [0.15, 0.2) is 85.2 Å². The van der Waals surface area contributed by atoms with E-state index in [4.69, 9.17) is 0 Å². The molecule has 1 heterocycles. The summed E-state index contributed by atoms with van der Waals surface area (Å²) in [6, 6.07) is 24.2. The van der Waals surface area contributed by atoms with E-state index in [0.717, 1.165) is 21.7 Å². The van der Waals surface area contributed by atoms with Crippen molar-refractivity contribution in [1.29, 1.82) is 0 Å². The Kier molecular flexibility index (Phi) is 12.8. The maximum absolute atomic E-state index is 15.4. The molecule has 0 atom stereocenters. The first-order valence-electron chi connectivity index (χ1n) is 18.6. The van der Waals surface area contributed by atoms with Crippen LogP contribution in [0.4, 0.5) is 87.8 Å². The van der Waals surface area contributed by atoms with Crippen LogP contribution >= 0.6 is 0 Å². The van der Waals surface area contributed by atoms with Crippen LogP contribution in [-0.4, -0.2) is 11.9 Å². The number of fused-ring (bicyclic) bond motifs is 2. The lowest BCUT2D eigenvalue weighted by Crippen LogP contribution is -2.81. The van der Waals surface area contributed by atoms with Gasteiger partial charge in [0.2, 0.25) is 12.3 Å². The number of rotatable bonds is 7. The molecule has 0 amide bonds. The highest BCUT2D eigenvalue weighted by atomic mass is 19.2. The fraction of sp³-hybridized carbons (Fsp3) is 0.0222. The second-order valence-electron chi connectivity index (χ2n) is 14.5. The van der Waals surface area contributed by atoms with Crippen LogP contribution in [0.2, 0.25) is 0 Å². The summed E-state index contributed by atoms with van der Waals surface area (Å²) in [4.78, 5) is 12.6. The van der Waals surface area contributed by atoms with E-state index in [1.807, 2.05) is 71.6 Å². The monoisotopic (exact) mass is 977 g/mol. The Morgan fingerprint density at radius 1 is 0.338 bits per heavy atom. The van der Waals surface area contributed by atoms with E-state index >= 15 is 35.1 Å². The van der Waals surface area contributed by atoms with Gasteiger partial charge in [0.05, 0.1) is 0 Å². The fourth-order valence-corrected chi connectivity index (χ4v) is 7.77. The summed E-state index contributed by atoms with van der Waals surface area (Å²) in [5.41, 5.74) is -13.6. The molecule has 0 N–H and O–H groups in total. The molecule has 350 valence electrons. The Bertz CT molecular complexity index is 3040. The van der Waals surface area contributed by atoms with E-state index in [1.54, 1.807) is 0 Å². The third-order valence-corrected chi connectivity index (χ3v) is 10.9. The molecule has 0 saturated heterocycles. The number of halogens is 20. The molecular weight excluding hydrogens is 961 g/mol. The zero-order valence-corrected chi connectivity index (χ0v) is 32.8. The molecule has 68 heavy (non-hydrogen) atoms. The normalized spacial score (nSPS) is 11.6. The number of hydrogen-bond acceptors (Lipinski definition) is 1. The van der Waals surface area contributed by atoms with Crippen LogP contribution in [0, 0.1) is 116 Å². The van der Waals surface area contributed by atoms with E-state index in [9.17, 15) is 57.5 Å². The third kappa shape index (κ3) is 7.52. The van der Waals surface area contributed by atoms with Gasteiger partial charge in [0.25, 0.3) is 0 Å². The summed E-state index contributed by atoms with van der Waals surface area (Å²) in [6.45, 7) is 0.350. The Hall–Kier alpha value is -7.46. The molecule has 0 radical (unpaired) electrons. The van der Waals surface area contributed by atoms with Crippen molar-refractivity contribution in [2.45, 2.75) is 6.54 Å². The van der Waals surface area contributed by atoms with Crippen molar-refractivity contribution < 1.29 is 97.2 Å². The molecule has 8 rings (SSSR count). The zero-order valence-electron chi connectivity index (χ0n) is 32.8. The van der Waals surface area contributed by atoms with Crippen molar-refractivity contribution in [1.82, 2.24) is 0 Å². The second kappa shape index (κ2) is 18.0. The van der Waals surface area contributed by atoms with Gasteiger partial charge in [-0.25, -0.2) is 87.8 Å². The molecule has 1 aromatic heterocycles. The fourth-order valence-electron chi connectivity index (χ4n) is 7.77. The predicted octanol–water partition coefficient (Wildman–Crippen LogP) is 10.0. The number of ketones is 1. The molecule has 0 aliphatic rings. The number of aromatic nitrogens is 1. The molecule has 7 aromatic carbocycles. The number of carbonyl (C=O) groups is 1. The van der Waals surface area contributed by atoms with Gasteiger partial charge in [-0.05, 0) is 28.3 Å². The lowest BCUT2D eigenvalue weighted by atomic mass is 9.12. The molecule has 0 bridgehead atoms. The predicted molar refractivity (Wildman–Crippen MR) is 202 cm³/mol. The SMILES string of the molecule is Fc1c(F)c(F)c([B-](c2c(F)c(F)c(F)c(F)c2F)(c2c(F)c(F)c(F)c(F)c2F)c2c(F)c(F)c(F)c(F)c2F)c(F)c1F.O=C(C[n+]1ccc2ccccc2c1)c1ccc2ccccc2c1. The third-order valence-electron chi connectivity index (χ3n) is 10.9. The average Bonchev–Trinajstić information content (AvgIpc) is 3.33. The van der Waals surface area contributed by atoms with Crippen LogP contribution in [0.25, 0.3) is 21.5 Å². The van der Waals surface area contributed by atoms with Gasteiger partial charge < -0.3 is 0 Å². The van der Waals surface area contributed by atoms with Crippen LogP contribution in [0.1, 0.15) is 10.4 Å². The molecule has 0 spiro atoms. The molecule has 23 heteroatoms. The first-order valence-corrected chi connectivity index (χ1v) is 18.6. The van der Waals surface area contributed by atoms with Gasteiger partial charge in [0.15, 0.2) is 82.2 Å². The smallest absolute Gasteiger partial charge is 0.227 e. The maximum atomic E-state index is 15.4. The van der Waals surface area contributed by atoms with E-state index in [0.29, 0.717) is 6.54 Å². The number of carbonyl (C=O) groups excluding carboxylic acids is 1. The van der Waals surface area contributed by atoms with Crippen molar-refractivity contribution in [2.75, 3.05) is 0 Å². The molecular formula is C45H16BF20NO. The van der Waals surface area contributed by atoms with Gasteiger partial charge in [0, 0.05) is 17.0 Å². The largest absolute Gasteiger partial charge is 0.287 e. The van der Waals surface area contributed by atoms with Crippen molar-refractivity contribution in [3.8, 4) is 0 Å². The van der Waals surface area contributed by atoms with Crippen molar-refractivity contribution in [2.24, 2.45) is 0 Å². The molecule has 0 aliphatic heterocycles. The molecule has 0 unspecified atom stereocenters. The van der Waals surface area contributed by atoms with Gasteiger partial charge in [-0.2, -0.15) is 4.57 Å². The minimum Gasteiger partial charge on any atom is -0.287 e. The standard InChI is InChI=1S/C24BF20.C21H16NO/c26-5-1(6(27)14(35)21(42)13(5)34)25(2-7(28)15(36)22(43)16(37)8(2)29,3-9(30)17(38)23(44)18(39)10(3)31)4-11(32)19(40)24(45)20(41)12(4)33;23-21(19-10-9-16-5-1-3-7-18(16)13-19)15-22-12-11-17-6-2-4-8-20(17)14-22/h;1-14H,15H2/q-1;+1. The molecule has 0 saturated carbocycles. The summed E-state index contributed by atoms with van der Waals surface area (Å²) in [6.07, 6.45) is -3.24. The Labute approximate surface area is 365 Å². The summed E-state index contributed by atoms with van der Waals surface area (Å²) < 4.78 is 296. The zero-order chi connectivity index (χ0) is 50.0. The first-order chi connectivity index (χ1) is 32.0. The Balaban J connectivity index is 0.000000246. The molecule has 0 fully saturated rings. The van der Waals surface area contributed by atoms with E-state index in [2.05, 4.69) is 18.2 Å². The number of nitrogens with zero attached hydrogens (tertiary/aromatic N) is 1. The Morgan fingerprint density at radius 2 is 0.618 bits per heavy atom. The van der Waals surface area contributed by atoms with E-state index in [1.165, 1.54) is 5.39 Å². The topological polar surface area (TPSA) is 20.9 Å². The van der Waals surface area contributed by atoms with Gasteiger partial charge in [0.1, 0.15) is 52.7 Å². The molecule has 0 aliphatic carbocycles. The van der Waals surface area contributed by atoms with Crippen LogP contribution in [-0.2, 0) is 6.54 Å². The summed E-state index contributed by atoms with van der Waals surface area (Å²) in [7, 11) is 0. The summed E-state index contributed by atoms with van der Waals surface area (Å²) in [5.74, 6) is -71.3. The van der Waals surface area contributed by atoms with Gasteiger partial charge in [-0.1, -0.05) is 54.6 Å². The van der Waals surface area contributed by atoms with E-state index in [-0.39, 0.29) is 5.78 Å². The minimum atomic E-state index is -7.22. The van der Waals surface area contributed by atoms with Gasteiger partial charge in [-0.15, -0.1) is 21.9 Å². The quantitative estimate of drug-likeness (QED) is 0.0390. The van der Waals surface area contributed by atoms with E-state index < -0.39 is 144 Å². The van der Waals surface area contributed by atoms with Crippen LogP contribution in [0.3, 0.4) is 0 Å². The lowest BCUT2D eigenvalue weighted by molar-refractivity contribution is -0.681. The van der Waals surface area contributed by atoms with Crippen LogP contribution < -0.4 is 26.4 Å². The number of benzene rings is 7. The maximum Gasteiger partial charge on any atom is 0.227 e. The molecule has 8 aromatic rings. The minimum absolute atomic E-state index is 0.121. The van der Waals surface area contributed by atoms with Crippen molar-refractivity contribution >= 4 is 55.3 Å². The highest BCUT2D eigenvalue weighted by molar-refractivity contribution is 7.20. The first kappa shape index (κ1) is 48.5. The van der Waals surface area contributed by atoms with Crippen molar-refractivity contribution in [3.05, 3.63) is 207 Å². The number of pyridine rings is 1. The van der Waals surface area contributed by atoms with Gasteiger partial charge in [-0.3, -0.25) is 4.79 Å². The van der Waals surface area contributed by atoms with Crippen molar-refractivity contribution in [3.63, 3.8) is 0 Å². The lowest BCUT2D eigenvalue weighted by Gasteiger charge is -2.44. The second-order valence-corrected chi connectivity index (χ2v) is 14.5.